The summed E-state index contributed by atoms with van der Waals surface area (Å²) in [5.74, 6) is 0.00180. The van der Waals surface area contributed by atoms with Crippen LogP contribution in [0, 0.1) is 0 Å². The normalized spacial score (nSPS) is 12.5. The highest BCUT2D eigenvalue weighted by molar-refractivity contribution is 5.74. The summed E-state index contributed by atoms with van der Waals surface area (Å²) in [5, 5.41) is 0. The predicted molar refractivity (Wildman–Crippen MR) is 104 cm³/mol. The lowest BCUT2D eigenvalue weighted by atomic mass is 10.0. The van der Waals surface area contributed by atoms with E-state index in [1.54, 1.807) is 0 Å². The van der Waals surface area contributed by atoms with E-state index in [0.717, 1.165) is 25.7 Å². The maximum atomic E-state index is 12.4. The first kappa shape index (κ1) is 27.1. The van der Waals surface area contributed by atoms with Gasteiger partial charge in [0.1, 0.15) is 0 Å². The van der Waals surface area contributed by atoms with Gasteiger partial charge in [-0.2, -0.15) is 0 Å². The molecule has 0 rings (SSSR count). The number of halogens is 1. The van der Waals surface area contributed by atoms with Crippen LogP contribution in [0.5, 0.6) is 0 Å². The number of unbranched alkanes of at least 4 members (excludes halogenated alkanes) is 10. The fraction of sp³-hybridized carbons (Fsp3) is 0.952. The molecule has 3 nitrogen and oxygen atoms in total. The Morgan fingerprint density at radius 3 is 1.68 bits per heavy atom. The van der Waals surface area contributed by atoms with Crippen molar-refractivity contribution in [3.8, 4) is 0 Å². The van der Waals surface area contributed by atoms with Gasteiger partial charge >= 0.3 is 5.97 Å². The number of likely N-dealkylation sites (N-methyl/N-ethyl adjacent to an activating group) is 1. The second-order valence-electron chi connectivity index (χ2n) is 8.12. The molecule has 0 heterocycles. The molecule has 0 aromatic heterocycles. The van der Waals surface area contributed by atoms with Crippen LogP contribution in [0.4, 0.5) is 0 Å². The van der Waals surface area contributed by atoms with Crippen molar-refractivity contribution in [2.75, 3.05) is 27.7 Å². The number of nitrogens with zero attached hydrogens (tertiary/aromatic N) is 1. The highest BCUT2D eigenvalue weighted by Crippen LogP contribution is 2.16. The Bertz CT molecular complexity index is 303. The second-order valence-corrected chi connectivity index (χ2v) is 8.12. The molecule has 0 N–H and O–H groups in total. The number of hydrogen-bond donors (Lipinski definition) is 0. The second kappa shape index (κ2) is 17.3. The number of ether oxygens (including phenoxy) is 1. The zero-order valence-corrected chi connectivity index (χ0v) is 19.2. The van der Waals surface area contributed by atoms with Gasteiger partial charge in [-0.3, -0.25) is 0 Å². The fourth-order valence-electron chi connectivity index (χ4n) is 3.09. The molecular formula is C21H44BrNO2. The molecule has 0 aliphatic carbocycles. The molecular weight excluding hydrogens is 378 g/mol. The molecule has 25 heavy (non-hydrogen) atoms. The number of rotatable bonds is 16. The largest absolute Gasteiger partial charge is 1.00 e. The first-order valence-corrected chi connectivity index (χ1v) is 10.4. The number of carbonyl (C=O) groups excluding carboxylic acids is 1. The van der Waals surface area contributed by atoms with Gasteiger partial charge in [-0.25, -0.2) is 4.79 Å². The molecule has 0 aromatic rings. The SMILES string of the molecule is CCCCCCCCCCC(C(=O)OCCCCCC)[N+](C)(C)C.[Br-]. The van der Waals surface area contributed by atoms with Crippen molar-refractivity contribution in [3.05, 3.63) is 0 Å². The lowest BCUT2D eigenvalue weighted by molar-refractivity contribution is -0.887. The summed E-state index contributed by atoms with van der Waals surface area (Å²) < 4.78 is 6.22. The molecule has 0 amide bonds. The van der Waals surface area contributed by atoms with E-state index < -0.39 is 0 Å². The van der Waals surface area contributed by atoms with E-state index in [-0.39, 0.29) is 29.0 Å². The average Bonchev–Trinajstić information content (AvgIpc) is 2.51. The van der Waals surface area contributed by atoms with Crippen LogP contribution in [0.15, 0.2) is 0 Å². The van der Waals surface area contributed by atoms with Crippen molar-refractivity contribution in [1.82, 2.24) is 0 Å². The summed E-state index contributed by atoms with van der Waals surface area (Å²) in [6, 6.07) is -0.0173. The smallest absolute Gasteiger partial charge is 0.364 e. The maximum absolute atomic E-state index is 12.4. The minimum atomic E-state index is -0.0173. The van der Waals surface area contributed by atoms with E-state index in [4.69, 9.17) is 4.74 Å². The summed E-state index contributed by atoms with van der Waals surface area (Å²) in [5.41, 5.74) is 0. The van der Waals surface area contributed by atoms with Crippen LogP contribution in [0.3, 0.4) is 0 Å². The Hall–Kier alpha value is -0.0900. The van der Waals surface area contributed by atoms with Gasteiger partial charge in [-0.1, -0.05) is 78.1 Å². The van der Waals surface area contributed by atoms with Crippen LogP contribution in [-0.4, -0.2) is 44.2 Å². The Morgan fingerprint density at radius 2 is 1.20 bits per heavy atom. The third-order valence-corrected chi connectivity index (χ3v) is 4.78. The monoisotopic (exact) mass is 421 g/mol. The van der Waals surface area contributed by atoms with Crippen molar-refractivity contribution < 1.29 is 31.0 Å². The van der Waals surface area contributed by atoms with Crippen molar-refractivity contribution >= 4 is 5.97 Å². The molecule has 0 saturated carbocycles. The van der Waals surface area contributed by atoms with E-state index in [1.165, 1.54) is 57.8 Å². The molecule has 0 radical (unpaired) electrons. The lowest BCUT2D eigenvalue weighted by Crippen LogP contribution is -3.00. The minimum Gasteiger partial charge on any atom is -1.00 e. The van der Waals surface area contributed by atoms with Crippen LogP contribution < -0.4 is 17.0 Å². The standard InChI is InChI=1S/C21H44NO2.BrH/c1-6-8-10-12-13-14-15-16-18-20(22(3,4)5)21(23)24-19-17-11-9-7-2;/h20H,6-19H2,1-5H3;1H/q+1;/p-1. The third-order valence-electron chi connectivity index (χ3n) is 4.78. The zero-order valence-electron chi connectivity index (χ0n) is 17.6. The van der Waals surface area contributed by atoms with Crippen molar-refractivity contribution in [2.45, 2.75) is 103 Å². The predicted octanol–water partition coefficient (Wildman–Crippen LogP) is 2.72. The molecule has 0 aliphatic heterocycles. The molecule has 152 valence electrons. The first-order chi connectivity index (χ1) is 11.4. The lowest BCUT2D eigenvalue weighted by Gasteiger charge is -2.32. The molecule has 0 aliphatic rings. The molecule has 0 fully saturated rings. The first-order valence-electron chi connectivity index (χ1n) is 10.4. The Balaban J connectivity index is 0. The molecule has 4 heteroatoms. The van der Waals surface area contributed by atoms with Gasteiger partial charge in [-0.15, -0.1) is 0 Å². The van der Waals surface area contributed by atoms with Gasteiger partial charge in [-0.05, 0) is 12.8 Å². The number of quaternary nitrogens is 1. The molecule has 0 aromatic carbocycles. The van der Waals surface area contributed by atoms with E-state index in [1.807, 2.05) is 0 Å². The third kappa shape index (κ3) is 15.9. The van der Waals surface area contributed by atoms with E-state index in [2.05, 4.69) is 35.0 Å². The number of esters is 1. The minimum absolute atomic E-state index is 0. The number of carbonyl (C=O) groups is 1. The fourth-order valence-corrected chi connectivity index (χ4v) is 3.09. The van der Waals surface area contributed by atoms with Crippen LogP contribution in [-0.2, 0) is 9.53 Å². The summed E-state index contributed by atoms with van der Waals surface area (Å²) in [4.78, 5) is 12.4. The zero-order chi connectivity index (χ0) is 18.3. The highest BCUT2D eigenvalue weighted by Gasteiger charge is 2.32. The van der Waals surface area contributed by atoms with Crippen molar-refractivity contribution in [2.24, 2.45) is 0 Å². The van der Waals surface area contributed by atoms with Crippen LogP contribution in [0.1, 0.15) is 97.3 Å². The van der Waals surface area contributed by atoms with Gasteiger partial charge < -0.3 is 26.2 Å². The Kier molecular flexibility index (Phi) is 18.8. The number of hydrogen-bond acceptors (Lipinski definition) is 2. The molecule has 0 spiro atoms. The van der Waals surface area contributed by atoms with Crippen LogP contribution in [0.25, 0.3) is 0 Å². The Labute approximate surface area is 168 Å². The molecule has 1 unspecified atom stereocenters. The summed E-state index contributed by atoms with van der Waals surface area (Å²) in [7, 11) is 6.31. The Morgan fingerprint density at radius 1 is 0.760 bits per heavy atom. The summed E-state index contributed by atoms with van der Waals surface area (Å²) in [6.07, 6.45) is 16.0. The average molecular weight is 422 g/mol. The maximum Gasteiger partial charge on any atom is 0.364 e. The molecule has 0 bridgehead atoms. The molecule has 0 saturated heterocycles. The van der Waals surface area contributed by atoms with E-state index >= 15 is 0 Å². The van der Waals surface area contributed by atoms with Crippen LogP contribution >= 0.6 is 0 Å². The molecule has 1 atom stereocenters. The van der Waals surface area contributed by atoms with Gasteiger partial charge in [0.15, 0.2) is 6.04 Å². The topological polar surface area (TPSA) is 26.3 Å². The van der Waals surface area contributed by atoms with Gasteiger partial charge in [0.05, 0.1) is 27.7 Å². The summed E-state index contributed by atoms with van der Waals surface area (Å²) >= 11 is 0. The quantitative estimate of drug-likeness (QED) is 0.217. The van der Waals surface area contributed by atoms with Crippen LogP contribution in [0.2, 0.25) is 0 Å². The van der Waals surface area contributed by atoms with Gasteiger partial charge in [0.2, 0.25) is 0 Å². The van der Waals surface area contributed by atoms with Crippen molar-refractivity contribution in [3.63, 3.8) is 0 Å². The van der Waals surface area contributed by atoms with Gasteiger partial charge in [0.25, 0.3) is 0 Å². The summed E-state index contributed by atoms with van der Waals surface area (Å²) in [6.45, 7) is 5.05. The van der Waals surface area contributed by atoms with Crippen molar-refractivity contribution in [1.29, 1.82) is 0 Å². The van der Waals surface area contributed by atoms with E-state index in [9.17, 15) is 4.79 Å². The van der Waals surface area contributed by atoms with Gasteiger partial charge in [0, 0.05) is 6.42 Å². The highest BCUT2D eigenvalue weighted by atomic mass is 79.9. The van der Waals surface area contributed by atoms with E-state index in [0.29, 0.717) is 11.1 Å².